The Kier molecular flexibility index (Phi) is 3.53. The van der Waals surface area contributed by atoms with E-state index in [1.54, 1.807) is 0 Å². The fraction of sp³-hybridized carbons (Fsp3) is 0.667. The molecule has 0 N–H and O–H groups in total. The number of hydrogen-bond acceptors (Lipinski definition) is 2. The second-order valence-electron chi connectivity index (χ2n) is 3.24. The van der Waals surface area contributed by atoms with Crippen molar-refractivity contribution in [2.45, 2.75) is 32.6 Å². The zero-order chi connectivity index (χ0) is 9.68. The summed E-state index contributed by atoms with van der Waals surface area (Å²) < 4.78 is 0. The summed E-state index contributed by atoms with van der Waals surface area (Å²) in [4.78, 5) is 13.9. The van der Waals surface area contributed by atoms with Crippen LogP contribution in [0.4, 0.5) is 0 Å². The molecule has 1 rings (SSSR count). The molecule has 0 unspecified atom stereocenters. The number of ketones is 1. The lowest BCUT2D eigenvalue weighted by Gasteiger charge is -1.99. The number of azide groups is 1. The Morgan fingerprint density at radius 1 is 1.54 bits per heavy atom. The van der Waals surface area contributed by atoms with Crippen molar-refractivity contribution in [2.75, 3.05) is 6.54 Å². The third-order valence-electron chi connectivity index (χ3n) is 2.33. The molecule has 0 spiro atoms. The first kappa shape index (κ1) is 9.81. The molecule has 0 aromatic rings. The van der Waals surface area contributed by atoms with Crippen LogP contribution in [-0.2, 0) is 4.79 Å². The van der Waals surface area contributed by atoms with E-state index in [1.165, 1.54) is 5.57 Å². The van der Waals surface area contributed by atoms with Crippen molar-refractivity contribution in [3.05, 3.63) is 21.6 Å². The number of Topliss-reactive ketones (excluding diaryl/α,β-unsaturated/α-hetero) is 1. The predicted octanol–water partition coefficient (Wildman–Crippen LogP) is 2.76. The Bertz CT molecular complexity index is 287. The van der Waals surface area contributed by atoms with Crippen LogP contribution in [0.5, 0.6) is 0 Å². The number of carbonyl (C=O) groups is 1. The zero-order valence-electron chi connectivity index (χ0n) is 7.79. The first-order valence-corrected chi connectivity index (χ1v) is 4.48. The molecule has 0 bridgehead atoms. The third kappa shape index (κ3) is 2.60. The van der Waals surface area contributed by atoms with Crippen molar-refractivity contribution in [1.82, 2.24) is 0 Å². The highest BCUT2D eigenvalue weighted by atomic mass is 16.1. The van der Waals surface area contributed by atoms with Gasteiger partial charge in [0.2, 0.25) is 0 Å². The van der Waals surface area contributed by atoms with E-state index in [0.717, 1.165) is 24.8 Å². The zero-order valence-corrected chi connectivity index (χ0v) is 7.79. The van der Waals surface area contributed by atoms with Crippen LogP contribution >= 0.6 is 0 Å². The fourth-order valence-corrected chi connectivity index (χ4v) is 1.56. The van der Waals surface area contributed by atoms with Gasteiger partial charge in [-0.1, -0.05) is 10.7 Å². The van der Waals surface area contributed by atoms with Crippen LogP contribution < -0.4 is 0 Å². The van der Waals surface area contributed by atoms with Gasteiger partial charge in [-0.25, -0.2) is 0 Å². The maximum Gasteiger partial charge on any atom is 0.159 e. The second-order valence-corrected chi connectivity index (χ2v) is 3.24. The molecule has 0 amide bonds. The molecule has 1 aliphatic rings. The molecule has 70 valence electrons. The van der Waals surface area contributed by atoms with Gasteiger partial charge in [0, 0.05) is 17.9 Å². The van der Waals surface area contributed by atoms with Crippen LogP contribution in [0.25, 0.3) is 10.4 Å². The first-order valence-electron chi connectivity index (χ1n) is 4.48. The molecule has 13 heavy (non-hydrogen) atoms. The van der Waals surface area contributed by atoms with Gasteiger partial charge in [0.05, 0.1) is 0 Å². The van der Waals surface area contributed by atoms with Gasteiger partial charge in [0.15, 0.2) is 5.78 Å². The summed E-state index contributed by atoms with van der Waals surface area (Å²) in [5.74, 6) is 0.276. The van der Waals surface area contributed by atoms with Gasteiger partial charge in [-0.3, -0.25) is 4.79 Å². The number of carbonyl (C=O) groups excluding carboxylic acids is 1. The van der Waals surface area contributed by atoms with Crippen LogP contribution in [-0.4, -0.2) is 12.3 Å². The van der Waals surface area contributed by atoms with Gasteiger partial charge in [0.25, 0.3) is 0 Å². The molecule has 0 saturated carbocycles. The van der Waals surface area contributed by atoms with Gasteiger partial charge in [0.1, 0.15) is 0 Å². The van der Waals surface area contributed by atoms with E-state index in [4.69, 9.17) is 5.53 Å². The minimum Gasteiger partial charge on any atom is -0.295 e. The number of hydrogen-bond donors (Lipinski definition) is 0. The Morgan fingerprint density at radius 3 is 2.85 bits per heavy atom. The number of allylic oxidation sites excluding steroid dienone is 2. The summed E-state index contributed by atoms with van der Waals surface area (Å²) in [6.07, 6.45) is 3.13. The number of rotatable bonds is 4. The van der Waals surface area contributed by atoms with Crippen LogP contribution in [0.3, 0.4) is 0 Å². The molecular weight excluding hydrogens is 166 g/mol. The molecule has 0 heterocycles. The lowest BCUT2D eigenvalue weighted by molar-refractivity contribution is -0.115. The van der Waals surface area contributed by atoms with Crippen molar-refractivity contribution in [1.29, 1.82) is 0 Å². The van der Waals surface area contributed by atoms with E-state index >= 15 is 0 Å². The Balaban J connectivity index is 2.39. The van der Waals surface area contributed by atoms with Crippen molar-refractivity contribution in [2.24, 2.45) is 5.11 Å². The molecule has 4 heteroatoms. The van der Waals surface area contributed by atoms with E-state index < -0.39 is 0 Å². The van der Waals surface area contributed by atoms with Gasteiger partial charge in [-0.05, 0) is 37.3 Å². The highest BCUT2D eigenvalue weighted by Gasteiger charge is 2.18. The predicted molar refractivity (Wildman–Crippen MR) is 50.2 cm³/mol. The quantitative estimate of drug-likeness (QED) is 0.283. The maximum atomic E-state index is 11.3. The minimum atomic E-state index is 0.276. The van der Waals surface area contributed by atoms with Crippen molar-refractivity contribution in [3.8, 4) is 0 Å². The van der Waals surface area contributed by atoms with E-state index in [1.807, 2.05) is 6.92 Å². The Morgan fingerprint density at radius 2 is 2.31 bits per heavy atom. The minimum absolute atomic E-state index is 0.276. The van der Waals surface area contributed by atoms with E-state index in [9.17, 15) is 4.79 Å². The van der Waals surface area contributed by atoms with Crippen LogP contribution in [0.15, 0.2) is 16.3 Å². The number of nitrogens with zero attached hydrogens (tertiary/aromatic N) is 3. The van der Waals surface area contributed by atoms with E-state index in [-0.39, 0.29) is 5.78 Å². The summed E-state index contributed by atoms with van der Waals surface area (Å²) in [5, 5.41) is 3.43. The molecule has 1 aliphatic carbocycles. The fourth-order valence-electron chi connectivity index (χ4n) is 1.56. The molecule has 0 aromatic heterocycles. The largest absolute Gasteiger partial charge is 0.295 e. The van der Waals surface area contributed by atoms with Gasteiger partial charge in [-0.15, -0.1) is 0 Å². The molecule has 0 saturated heterocycles. The summed E-state index contributed by atoms with van der Waals surface area (Å²) in [5.41, 5.74) is 10.2. The molecule has 0 aliphatic heterocycles. The second kappa shape index (κ2) is 4.67. The summed E-state index contributed by atoms with van der Waals surface area (Å²) in [6, 6.07) is 0. The van der Waals surface area contributed by atoms with Crippen molar-refractivity contribution < 1.29 is 4.79 Å². The van der Waals surface area contributed by atoms with Gasteiger partial charge in [-0.2, -0.15) is 0 Å². The summed E-state index contributed by atoms with van der Waals surface area (Å²) in [7, 11) is 0. The molecule has 4 nitrogen and oxygen atoms in total. The van der Waals surface area contributed by atoms with Gasteiger partial charge < -0.3 is 0 Å². The highest BCUT2D eigenvalue weighted by Crippen LogP contribution is 2.25. The van der Waals surface area contributed by atoms with Crippen molar-refractivity contribution >= 4 is 5.78 Å². The molecule has 0 aromatic carbocycles. The Labute approximate surface area is 77.3 Å². The van der Waals surface area contributed by atoms with Gasteiger partial charge >= 0.3 is 0 Å². The van der Waals surface area contributed by atoms with E-state index in [2.05, 4.69) is 10.0 Å². The van der Waals surface area contributed by atoms with Crippen molar-refractivity contribution in [3.63, 3.8) is 0 Å². The van der Waals surface area contributed by atoms with E-state index in [0.29, 0.717) is 13.0 Å². The molecular formula is C9H13N3O. The molecule has 0 radical (unpaired) electrons. The van der Waals surface area contributed by atoms with Crippen LogP contribution in [0, 0.1) is 0 Å². The smallest absolute Gasteiger partial charge is 0.159 e. The molecule has 0 fully saturated rings. The van der Waals surface area contributed by atoms with Crippen LogP contribution in [0.2, 0.25) is 0 Å². The lowest BCUT2D eigenvalue weighted by atomic mass is 10.1. The topological polar surface area (TPSA) is 65.8 Å². The molecule has 0 atom stereocenters. The average Bonchev–Trinajstić information content (AvgIpc) is 2.42. The SMILES string of the molecule is CC1=C(CCCN=[N+]=[N-])C(=O)CC1. The average molecular weight is 179 g/mol. The maximum absolute atomic E-state index is 11.3. The Hall–Kier alpha value is -1.28. The highest BCUT2D eigenvalue weighted by molar-refractivity contribution is 5.98. The third-order valence-corrected chi connectivity index (χ3v) is 2.33. The normalized spacial score (nSPS) is 16.2. The summed E-state index contributed by atoms with van der Waals surface area (Å²) >= 11 is 0. The lowest BCUT2D eigenvalue weighted by Crippen LogP contribution is -1.97. The first-order chi connectivity index (χ1) is 6.25. The van der Waals surface area contributed by atoms with Crippen LogP contribution in [0.1, 0.15) is 32.6 Å². The standard InChI is InChI=1S/C9H13N3O/c1-7-4-5-9(13)8(7)3-2-6-11-12-10/h2-6H2,1H3. The summed E-state index contributed by atoms with van der Waals surface area (Å²) in [6.45, 7) is 2.49. The monoisotopic (exact) mass is 179 g/mol.